The Morgan fingerprint density at radius 1 is 1.08 bits per heavy atom. The van der Waals surface area contributed by atoms with Crippen LogP contribution in [0.15, 0.2) is 35.1 Å². The number of ether oxygens (including phenoxy) is 1. The standard InChI is InChI=1S/C26H28ClN7O2/c1-15-24(23-16(2)33-36-17(23)3)31-25(19-12-18(6-7-20(19)27)35-11-5-8-28-4)32-26(15)34-13-21-22(14-34)30-10-9-29-21/h6-7,9-10,12,28H,5,8,11,13-14H2,1-4H3. The van der Waals surface area contributed by atoms with Gasteiger partial charge in [0.2, 0.25) is 0 Å². The molecule has 0 atom stereocenters. The minimum Gasteiger partial charge on any atom is -0.494 e. The third-order valence-electron chi connectivity index (χ3n) is 6.25. The van der Waals surface area contributed by atoms with Crippen LogP contribution in [-0.4, -0.2) is 45.3 Å². The average molecular weight is 506 g/mol. The van der Waals surface area contributed by atoms with E-state index in [1.54, 1.807) is 12.4 Å². The predicted octanol–water partition coefficient (Wildman–Crippen LogP) is 4.68. The Bertz CT molecular complexity index is 1360. The predicted molar refractivity (Wildman–Crippen MR) is 138 cm³/mol. The Hall–Kier alpha value is -3.56. The lowest BCUT2D eigenvalue weighted by atomic mass is 10.0. The van der Waals surface area contributed by atoms with Crippen molar-refractivity contribution in [1.82, 2.24) is 30.4 Å². The van der Waals surface area contributed by atoms with Gasteiger partial charge in [0.05, 0.1) is 53.1 Å². The molecule has 186 valence electrons. The molecule has 10 heteroatoms. The number of hydrogen-bond donors (Lipinski definition) is 1. The van der Waals surface area contributed by atoms with E-state index in [9.17, 15) is 0 Å². The molecule has 36 heavy (non-hydrogen) atoms. The van der Waals surface area contributed by atoms with Gasteiger partial charge in [-0.25, -0.2) is 9.97 Å². The zero-order valence-electron chi connectivity index (χ0n) is 20.8. The summed E-state index contributed by atoms with van der Waals surface area (Å²) >= 11 is 6.67. The van der Waals surface area contributed by atoms with Gasteiger partial charge in [-0.2, -0.15) is 0 Å². The monoisotopic (exact) mass is 505 g/mol. The molecule has 9 nitrogen and oxygen atoms in total. The Morgan fingerprint density at radius 2 is 1.83 bits per heavy atom. The smallest absolute Gasteiger partial charge is 0.163 e. The molecule has 5 rings (SSSR count). The van der Waals surface area contributed by atoms with Gasteiger partial charge in [-0.05, 0) is 59.0 Å². The lowest BCUT2D eigenvalue weighted by Crippen LogP contribution is -2.19. The van der Waals surface area contributed by atoms with Crippen LogP contribution in [0.4, 0.5) is 5.82 Å². The van der Waals surface area contributed by atoms with E-state index in [1.807, 2.05) is 46.0 Å². The van der Waals surface area contributed by atoms with E-state index in [1.165, 1.54) is 0 Å². The molecule has 3 aromatic heterocycles. The first-order valence-electron chi connectivity index (χ1n) is 11.9. The fraction of sp³-hybridized carbons (Fsp3) is 0.346. The van der Waals surface area contributed by atoms with Crippen molar-refractivity contribution in [3.8, 4) is 28.4 Å². The molecule has 0 saturated heterocycles. The Kier molecular flexibility index (Phi) is 6.84. The average Bonchev–Trinajstić information content (AvgIpc) is 3.46. The van der Waals surface area contributed by atoms with Crippen molar-refractivity contribution in [2.75, 3.05) is 25.1 Å². The van der Waals surface area contributed by atoms with Crippen LogP contribution in [0.3, 0.4) is 0 Å². The summed E-state index contributed by atoms with van der Waals surface area (Å²) in [5.74, 6) is 2.73. The number of fused-ring (bicyclic) bond motifs is 1. The van der Waals surface area contributed by atoms with Crippen molar-refractivity contribution in [1.29, 1.82) is 0 Å². The van der Waals surface area contributed by atoms with Crippen LogP contribution in [-0.2, 0) is 13.1 Å². The summed E-state index contributed by atoms with van der Waals surface area (Å²) in [7, 11) is 1.92. The summed E-state index contributed by atoms with van der Waals surface area (Å²) in [4.78, 5) is 21.2. The third-order valence-corrected chi connectivity index (χ3v) is 6.58. The molecule has 1 aliphatic heterocycles. The summed E-state index contributed by atoms with van der Waals surface area (Å²) in [6.45, 7) is 8.54. The van der Waals surface area contributed by atoms with Crippen molar-refractivity contribution in [2.45, 2.75) is 40.3 Å². The minimum absolute atomic E-state index is 0.508. The molecule has 0 fully saturated rings. The summed E-state index contributed by atoms with van der Waals surface area (Å²) in [5.41, 5.74) is 5.92. The number of hydrogen-bond acceptors (Lipinski definition) is 9. The molecule has 0 spiro atoms. The summed E-state index contributed by atoms with van der Waals surface area (Å²) in [5, 5.41) is 7.83. The van der Waals surface area contributed by atoms with Crippen molar-refractivity contribution in [3.63, 3.8) is 0 Å². The van der Waals surface area contributed by atoms with Crippen LogP contribution in [0.2, 0.25) is 5.02 Å². The van der Waals surface area contributed by atoms with E-state index in [4.69, 9.17) is 30.8 Å². The zero-order valence-corrected chi connectivity index (χ0v) is 21.6. The zero-order chi connectivity index (χ0) is 25.2. The largest absolute Gasteiger partial charge is 0.494 e. The van der Waals surface area contributed by atoms with E-state index in [2.05, 4.69) is 25.3 Å². The minimum atomic E-state index is 0.508. The molecule has 0 aliphatic carbocycles. The molecular formula is C26H28ClN7O2. The normalized spacial score (nSPS) is 12.8. The summed E-state index contributed by atoms with van der Waals surface area (Å²) in [6, 6.07) is 5.58. The van der Waals surface area contributed by atoms with Crippen LogP contribution >= 0.6 is 11.6 Å². The Balaban J connectivity index is 1.61. The van der Waals surface area contributed by atoms with Crippen LogP contribution in [0, 0.1) is 20.8 Å². The van der Waals surface area contributed by atoms with E-state index in [0.29, 0.717) is 41.9 Å². The highest BCUT2D eigenvalue weighted by Gasteiger charge is 2.28. The number of anilines is 1. The van der Waals surface area contributed by atoms with Crippen molar-refractivity contribution in [2.24, 2.45) is 0 Å². The van der Waals surface area contributed by atoms with Gasteiger partial charge in [0.15, 0.2) is 5.82 Å². The molecule has 0 bridgehead atoms. The lowest BCUT2D eigenvalue weighted by molar-refractivity contribution is 0.310. The number of benzene rings is 1. The second-order valence-electron chi connectivity index (χ2n) is 8.80. The van der Waals surface area contributed by atoms with Crippen LogP contribution < -0.4 is 15.0 Å². The second kappa shape index (κ2) is 10.2. The molecule has 4 heterocycles. The first kappa shape index (κ1) is 24.1. The molecule has 1 N–H and O–H groups in total. The van der Waals surface area contributed by atoms with E-state index >= 15 is 0 Å². The van der Waals surface area contributed by atoms with Crippen molar-refractivity contribution < 1.29 is 9.26 Å². The number of nitrogens with one attached hydrogen (secondary N) is 1. The van der Waals surface area contributed by atoms with E-state index in [-0.39, 0.29) is 0 Å². The number of aryl methyl sites for hydroxylation is 2. The molecule has 0 unspecified atom stereocenters. The highest BCUT2D eigenvalue weighted by Crippen LogP contribution is 2.38. The molecule has 0 radical (unpaired) electrons. The van der Waals surface area contributed by atoms with Gasteiger partial charge in [0.1, 0.15) is 17.3 Å². The molecule has 0 amide bonds. The van der Waals surface area contributed by atoms with Crippen molar-refractivity contribution >= 4 is 17.4 Å². The van der Waals surface area contributed by atoms with Crippen LogP contribution in [0.1, 0.15) is 34.8 Å². The molecule has 0 saturated carbocycles. The second-order valence-corrected chi connectivity index (χ2v) is 9.20. The number of halogens is 1. The SMILES string of the molecule is CNCCCOc1ccc(Cl)c(-c2nc(-c3c(C)noc3C)c(C)c(N3Cc4nccnc4C3)n2)c1. The number of rotatable bonds is 8. The van der Waals surface area contributed by atoms with Gasteiger partial charge < -0.3 is 19.5 Å². The van der Waals surface area contributed by atoms with Crippen molar-refractivity contribution in [3.05, 3.63) is 64.0 Å². The maximum Gasteiger partial charge on any atom is 0.163 e. The first-order valence-corrected chi connectivity index (χ1v) is 12.3. The topological polar surface area (TPSA) is 102 Å². The summed E-state index contributed by atoms with van der Waals surface area (Å²) in [6.07, 6.45) is 4.34. The van der Waals surface area contributed by atoms with Crippen LogP contribution in [0.5, 0.6) is 5.75 Å². The van der Waals surface area contributed by atoms with Gasteiger partial charge in [-0.15, -0.1) is 0 Å². The molecule has 1 aromatic carbocycles. The van der Waals surface area contributed by atoms with Gasteiger partial charge in [0, 0.05) is 23.5 Å². The van der Waals surface area contributed by atoms with Crippen LogP contribution in [0.25, 0.3) is 22.6 Å². The van der Waals surface area contributed by atoms with E-state index < -0.39 is 0 Å². The highest BCUT2D eigenvalue weighted by atomic mass is 35.5. The quantitative estimate of drug-likeness (QED) is 0.342. The van der Waals surface area contributed by atoms with E-state index in [0.717, 1.165) is 58.4 Å². The highest BCUT2D eigenvalue weighted by molar-refractivity contribution is 6.33. The number of nitrogens with zero attached hydrogens (tertiary/aromatic N) is 6. The van der Waals surface area contributed by atoms with Gasteiger partial charge in [-0.3, -0.25) is 9.97 Å². The fourth-order valence-corrected chi connectivity index (χ4v) is 4.63. The molecule has 1 aliphatic rings. The Labute approximate surface area is 214 Å². The fourth-order valence-electron chi connectivity index (χ4n) is 4.43. The number of aromatic nitrogens is 5. The third kappa shape index (κ3) is 4.64. The van der Waals surface area contributed by atoms with Gasteiger partial charge in [-0.1, -0.05) is 16.8 Å². The first-order chi connectivity index (χ1) is 17.5. The lowest BCUT2D eigenvalue weighted by Gasteiger charge is -2.21. The maximum absolute atomic E-state index is 6.67. The molecule has 4 aromatic rings. The maximum atomic E-state index is 6.67. The van der Waals surface area contributed by atoms with Gasteiger partial charge >= 0.3 is 0 Å². The summed E-state index contributed by atoms with van der Waals surface area (Å²) < 4.78 is 11.4. The Morgan fingerprint density at radius 3 is 2.50 bits per heavy atom. The van der Waals surface area contributed by atoms with Gasteiger partial charge in [0.25, 0.3) is 0 Å². The molecular weight excluding hydrogens is 478 g/mol.